The Morgan fingerprint density at radius 3 is 2.74 bits per heavy atom. The van der Waals surface area contributed by atoms with Crippen molar-refractivity contribution in [1.82, 2.24) is 10.4 Å². The van der Waals surface area contributed by atoms with E-state index in [1.165, 1.54) is 0 Å². The average Bonchev–Trinajstić information content (AvgIpc) is 2.42. The molecule has 0 saturated heterocycles. The zero-order chi connectivity index (χ0) is 13.8. The Balaban J connectivity index is 2.43. The van der Waals surface area contributed by atoms with Crippen molar-refractivity contribution >= 4 is 11.6 Å². The van der Waals surface area contributed by atoms with Gasteiger partial charge in [0.15, 0.2) is 0 Å². The zero-order valence-electron chi connectivity index (χ0n) is 10.9. The van der Waals surface area contributed by atoms with E-state index in [0.717, 1.165) is 16.7 Å². The normalized spacial score (nSPS) is 12.2. The Hall–Kier alpha value is -1.62. The number of hydrogen-bond donors (Lipinski definition) is 2. The van der Waals surface area contributed by atoms with E-state index in [4.69, 9.17) is 22.2 Å². The fourth-order valence-corrected chi connectivity index (χ4v) is 2.26. The summed E-state index contributed by atoms with van der Waals surface area (Å²) in [6, 6.07) is 7.48. The summed E-state index contributed by atoms with van der Waals surface area (Å²) in [4.78, 5) is 4.15. The van der Waals surface area contributed by atoms with Crippen LogP contribution in [0.15, 0.2) is 36.7 Å². The van der Waals surface area contributed by atoms with E-state index >= 15 is 0 Å². The lowest BCUT2D eigenvalue weighted by molar-refractivity contribution is 0.411. The van der Waals surface area contributed by atoms with Gasteiger partial charge in [-0.15, -0.1) is 0 Å². The van der Waals surface area contributed by atoms with Crippen LogP contribution in [0.2, 0.25) is 5.02 Å². The van der Waals surface area contributed by atoms with Crippen LogP contribution in [0.5, 0.6) is 5.75 Å². The van der Waals surface area contributed by atoms with Crippen molar-refractivity contribution in [2.24, 2.45) is 5.84 Å². The minimum Gasteiger partial charge on any atom is -0.495 e. The minimum atomic E-state index is -0.153. The van der Waals surface area contributed by atoms with Crippen molar-refractivity contribution in [2.45, 2.75) is 13.0 Å². The largest absolute Gasteiger partial charge is 0.495 e. The Morgan fingerprint density at radius 1 is 1.32 bits per heavy atom. The highest BCUT2D eigenvalue weighted by molar-refractivity contribution is 6.30. The van der Waals surface area contributed by atoms with Gasteiger partial charge < -0.3 is 4.74 Å². The molecule has 0 radical (unpaired) electrons. The molecule has 19 heavy (non-hydrogen) atoms. The molecule has 0 saturated carbocycles. The lowest BCUT2D eigenvalue weighted by atomic mass is 9.96. The number of halogens is 1. The van der Waals surface area contributed by atoms with Crippen molar-refractivity contribution in [2.75, 3.05) is 7.11 Å². The molecule has 0 aliphatic carbocycles. The second kappa shape index (κ2) is 6.02. The smallest absolute Gasteiger partial charge is 0.137 e. The highest BCUT2D eigenvalue weighted by Gasteiger charge is 2.15. The lowest BCUT2D eigenvalue weighted by Crippen LogP contribution is -2.29. The summed E-state index contributed by atoms with van der Waals surface area (Å²) < 4.78 is 5.18. The summed E-state index contributed by atoms with van der Waals surface area (Å²) in [5, 5.41) is 0.709. The van der Waals surface area contributed by atoms with Crippen LogP contribution in [-0.4, -0.2) is 12.1 Å². The van der Waals surface area contributed by atoms with Crippen LogP contribution < -0.4 is 16.0 Å². The Labute approximate surface area is 117 Å². The highest BCUT2D eigenvalue weighted by Crippen LogP contribution is 2.27. The van der Waals surface area contributed by atoms with Crippen LogP contribution in [0.4, 0.5) is 0 Å². The number of ether oxygens (including phenoxy) is 1. The predicted molar refractivity (Wildman–Crippen MR) is 76.1 cm³/mol. The number of methoxy groups -OCH3 is 1. The van der Waals surface area contributed by atoms with Crippen LogP contribution in [-0.2, 0) is 0 Å². The van der Waals surface area contributed by atoms with Gasteiger partial charge in [0.05, 0.1) is 19.3 Å². The predicted octanol–water partition coefficient (Wildman–Crippen LogP) is 2.60. The molecule has 1 heterocycles. The van der Waals surface area contributed by atoms with E-state index in [0.29, 0.717) is 10.8 Å². The molecule has 0 fully saturated rings. The third kappa shape index (κ3) is 3.04. The van der Waals surface area contributed by atoms with E-state index in [2.05, 4.69) is 10.4 Å². The third-order valence-electron chi connectivity index (χ3n) is 3.01. The van der Waals surface area contributed by atoms with Crippen molar-refractivity contribution in [1.29, 1.82) is 0 Å². The first kappa shape index (κ1) is 13.8. The molecule has 3 N–H and O–H groups in total. The number of nitrogens with two attached hydrogens (primary N) is 1. The first-order valence-corrected chi connectivity index (χ1v) is 6.24. The first-order chi connectivity index (χ1) is 9.15. The molecule has 1 aromatic heterocycles. The fourth-order valence-electron chi connectivity index (χ4n) is 2.03. The molecule has 1 unspecified atom stereocenters. The number of aromatic nitrogens is 1. The number of hydrogen-bond acceptors (Lipinski definition) is 4. The van der Waals surface area contributed by atoms with E-state index in [1.54, 1.807) is 19.5 Å². The molecule has 0 aliphatic rings. The molecule has 1 aromatic carbocycles. The summed E-state index contributed by atoms with van der Waals surface area (Å²) in [5.41, 5.74) is 5.87. The molecular formula is C14H16ClN3O. The van der Waals surface area contributed by atoms with Gasteiger partial charge in [-0.1, -0.05) is 17.7 Å². The van der Waals surface area contributed by atoms with E-state index in [1.807, 2.05) is 31.2 Å². The summed E-state index contributed by atoms with van der Waals surface area (Å²) in [6.45, 7) is 2.00. The van der Waals surface area contributed by atoms with Crippen LogP contribution in [0.25, 0.3) is 0 Å². The second-order valence-corrected chi connectivity index (χ2v) is 4.70. The third-order valence-corrected chi connectivity index (χ3v) is 3.25. The SMILES string of the molecule is COc1cncc(C(NN)c2ccc(Cl)cc2C)c1. The quantitative estimate of drug-likeness (QED) is 0.666. The van der Waals surface area contributed by atoms with Gasteiger partial charge in [0.1, 0.15) is 5.75 Å². The minimum absolute atomic E-state index is 0.153. The molecule has 0 spiro atoms. The summed E-state index contributed by atoms with van der Waals surface area (Å²) in [7, 11) is 1.61. The highest BCUT2D eigenvalue weighted by atomic mass is 35.5. The van der Waals surface area contributed by atoms with Gasteiger partial charge >= 0.3 is 0 Å². The average molecular weight is 278 g/mol. The van der Waals surface area contributed by atoms with E-state index in [9.17, 15) is 0 Å². The lowest BCUT2D eigenvalue weighted by Gasteiger charge is -2.19. The molecule has 1 atom stereocenters. The van der Waals surface area contributed by atoms with Crippen LogP contribution in [0.1, 0.15) is 22.7 Å². The standard InChI is InChI=1S/C14H16ClN3O/c1-9-5-11(15)3-4-13(9)14(18-16)10-6-12(19-2)8-17-7-10/h3-8,14,18H,16H2,1-2H3. The number of hydrazine groups is 1. The maximum absolute atomic E-state index is 5.97. The zero-order valence-corrected chi connectivity index (χ0v) is 11.6. The summed E-state index contributed by atoms with van der Waals surface area (Å²) in [5.74, 6) is 6.38. The molecule has 0 aliphatic heterocycles. The monoisotopic (exact) mass is 277 g/mol. The van der Waals surface area contributed by atoms with Gasteiger partial charge in [0.2, 0.25) is 0 Å². The van der Waals surface area contributed by atoms with Gasteiger partial charge in [-0.05, 0) is 41.8 Å². The van der Waals surface area contributed by atoms with E-state index in [-0.39, 0.29) is 6.04 Å². The molecule has 2 rings (SSSR count). The Bertz CT molecular complexity index is 574. The van der Waals surface area contributed by atoms with Crippen molar-refractivity contribution in [3.05, 3.63) is 58.4 Å². The molecule has 4 nitrogen and oxygen atoms in total. The first-order valence-electron chi connectivity index (χ1n) is 5.87. The van der Waals surface area contributed by atoms with Gasteiger partial charge in [0, 0.05) is 11.2 Å². The molecule has 5 heteroatoms. The molecular weight excluding hydrogens is 262 g/mol. The summed E-state index contributed by atoms with van der Waals surface area (Å²) in [6.07, 6.45) is 3.42. The van der Waals surface area contributed by atoms with Crippen molar-refractivity contribution in [3.63, 3.8) is 0 Å². The number of aryl methyl sites for hydroxylation is 1. The van der Waals surface area contributed by atoms with Crippen molar-refractivity contribution < 1.29 is 4.74 Å². The van der Waals surface area contributed by atoms with Gasteiger partial charge in [-0.2, -0.15) is 0 Å². The fraction of sp³-hybridized carbons (Fsp3) is 0.214. The Morgan fingerprint density at radius 2 is 2.11 bits per heavy atom. The Kier molecular flexibility index (Phi) is 4.37. The summed E-state index contributed by atoms with van der Waals surface area (Å²) >= 11 is 5.97. The second-order valence-electron chi connectivity index (χ2n) is 4.26. The van der Waals surface area contributed by atoms with Gasteiger partial charge in [-0.3, -0.25) is 10.8 Å². The van der Waals surface area contributed by atoms with Crippen LogP contribution in [0, 0.1) is 6.92 Å². The number of nitrogens with one attached hydrogen (secondary N) is 1. The van der Waals surface area contributed by atoms with Crippen molar-refractivity contribution in [3.8, 4) is 5.75 Å². The van der Waals surface area contributed by atoms with Crippen LogP contribution in [0.3, 0.4) is 0 Å². The maximum Gasteiger partial charge on any atom is 0.137 e. The van der Waals surface area contributed by atoms with Crippen LogP contribution >= 0.6 is 11.6 Å². The topological polar surface area (TPSA) is 60.2 Å². The van der Waals surface area contributed by atoms with E-state index < -0.39 is 0 Å². The molecule has 100 valence electrons. The maximum atomic E-state index is 5.97. The number of nitrogens with zero attached hydrogens (tertiary/aromatic N) is 1. The molecule has 2 aromatic rings. The molecule has 0 bridgehead atoms. The van der Waals surface area contributed by atoms with Gasteiger partial charge in [0.25, 0.3) is 0 Å². The number of rotatable bonds is 4. The number of pyridine rings is 1. The number of benzene rings is 1. The molecule has 0 amide bonds. The van der Waals surface area contributed by atoms with Gasteiger partial charge in [-0.25, -0.2) is 5.43 Å².